The van der Waals surface area contributed by atoms with Gasteiger partial charge in [0.2, 0.25) is 0 Å². The van der Waals surface area contributed by atoms with Gasteiger partial charge >= 0.3 is 0 Å². The Balaban J connectivity index is 2.12. The van der Waals surface area contributed by atoms with E-state index in [1.807, 2.05) is 4.90 Å². The zero-order chi connectivity index (χ0) is 21.7. The van der Waals surface area contributed by atoms with Crippen LogP contribution in [-0.2, 0) is 19.1 Å². The van der Waals surface area contributed by atoms with Crippen LogP contribution in [0.5, 0.6) is 0 Å². The summed E-state index contributed by atoms with van der Waals surface area (Å²) < 4.78 is 10.4. The summed E-state index contributed by atoms with van der Waals surface area (Å²) in [5.74, 6) is -0.834. The molecule has 0 aromatic heterocycles. The van der Waals surface area contributed by atoms with Crippen LogP contribution in [-0.4, -0.2) is 57.2 Å². The first-order valence-electron chi connectivity index (χ1n) is 9.35. The average molecular weight is 449 g/mol. The second kappa shape index (κ2) is 10.1. The number of hydrogen-bond acceptors (Lipinski definition) is 5. The van der Waals surface area contributed by atoms with E-state index in [4.69, 9.17) is 32.7 Å². The molecule has 3 rings (SSSR count). The zero-order valence-corrected chi connectivity index (χ0v) is 18.2. The number of benzene rings is 2. The molecule has 0 unspecified atom stereocenters. The molecule has 1 aliphatic heterocycles. The number of anilines is 1. The summed E-state index contributed by atoms with van der Waals surface area (Å²) in [5, 5.41) is 0.977. The maximum atomic E-state index is 13.5. The van der Waals surface area contributed by atoms with Crippen LogP contribution < -0.4 is 4.90 Å². The molecule has 0 fully saturated rings. The third kappa shape index (κ3) is 4.68. The lowest BCUT2D eigenvalue weighted by Gasteiger charge is -2.25. The first-order valence-corrected chi connectivity index (χ1v) is 10.1. The molecule has 0 N–H and O–H groups in total. The second-order valence-corrected chi connectivity index (χ2v) is 7.50. The summed E-state index contributed by atoms with van der Waals surface area (Å²) >= 11 is 12.1. The van der Waals surface area contributed by atoms with Crippen molar-refractivity contribution in [2.45, 2.75) is 0 Å². The fourth-order valence-corrected chi connectivity index (χ4v) is 3.59. The summed E-state index contributed by atoms with van der Waals surface area (Å²) in [6.45, 7) is 1.63. The fourth-order valence-electron chi connectivity index (χ4n) is 3.28. The van der Waals surface area contributed by atoms with Gasteiger partial charge in [-0.15, -0.1) is 0 Å². The molecule has 8 heteroatoms. The average Bonchev–Trinajstić information content (AvgIpc) is 2.99. The van der Waals surface area contributed by atoms with Crippen molar-refractivity contribution in [1.29, 1.82) is 0 Å². The Hall–Kier alpha value is -2.38. The van der Waals surface area contributed by atoms with Crippen LogP contribution in [0.15, 0.2) is 54.2 Å². The van der Waals surface area contributed by atoms with Crippen LogP contribution in [0.2, 0.25) is 10.0 Å². The maximum absolute atomic E-state index is 13.5. The number of carbonyl (C=O) groups excluding carboxylic acids is 2. The number of methoxy groups -OCH3 is 2. The van der Waals surface area contributed by atoms with E-state index in [0.29, 0.717) is 58.9 Å². The first kappa shape index (κ1) is 22.3. The normalized spacial score (nSPS) is 14.1. The van der Waals surface area contributed by atoms with Gasteiger partial charge < -0.3 is 14.4 Å². The van der Waals surface area contributed by atoms with E-state index in [2.05, 4.69) is 0 Å². The summed E-state index contributed by atoms with van der Waals surface area (Å²) in [5.41, 5.74) is 1.63. The van der Waals surface area contributed by atoms with E-state index in [1.54, 1.807) is 62.8 Å². The summed E-state index contributed by atoms with van der Waals surface area (Å²) in [4.78, 5) is 29.9. The standard InChI is InChI=1S/C22H22Cl2N2O4/c1-29-12-10-25(11-13-30-2)20-19(15-6-8-16(23)9-7-15)21(27)26(22(20)28)18-5-3-4-17(24)14-18/h3-9,14H,10-13H2,1-2H3. The number of rotatable bonds is 9. The molecule has 0 saturated carbocycles. The SMILES string of the molecule is COCCN(CCOC)C1=C(c2ccc(Cl)cc2)C(=O)N(c2cccc(Cl)c2)C1=O. The zero-order valence-electron chi connectivity index (χ0n) is 16.7. The Bertz CT molecular complexity index is 952. The van der Waals surface area contributed by atoms with E-state index >= 15 is 0 Å². The molecule has 6 nitrogen and oxygen atoms in total. The molecular formula is C22H22Cl2N2O4. The van der Waals surface area contributed by atoms with Crippen molar-refractivity contribution in [1.82, 2.24) is 4.90 Å². The predicted molar refractivity (Wildman–Crippen MR) is 118 cm³/mol. The molecular weight excluding hydrogens is 427 g/mol. The van der Waals surface area contributed by atoms with Crippen molar-refractivity contribution >= 4 is 46.3 Å². The van der Waals surface area contributed by atoms with Crippen molar-refractivity contribution in [3.05, 3.63) is 69.8 Å². The highest BCUT2D eigenvalue weighted by atomic mass is 35.5. The molecule has 0 atom stereocenters. The summed E-state index contributed by atoms with van der Waals surface area (Å²) in [6.07, 6.45) is 0. The molecule has 0 bridgehead atoms. The molecule has 0 saturated heterocycles. The minimum atomic E-state index is -0.417. The third-order valence-corrected chi connectivity index (χ3v) is 5.19. The molecule has 158 valence electrons. The number of imide groups is 1. The van der Waals surface area contributed by atoms with Gasteiger partial charge in [-0.1, -0.05) is 41.4 Å². The van der Waals surface area contributed by atoms with E-state index in [1.165, 1.54) is 0 Å². The number of amides is 2. The van der Waals surface area contributed by atoms with Crippen LogP contribution in [0, 0.1) is 0 Å². The van der Waals surface area contributed by atoms with Crippen molar-refractivity contribution < 1.29 is 19.1 Å². The first-order chi connectivity index (χ1) is 14.5. The maximum Gasteiger partial charge on any atom is 0.282 e. The van der Waals surface area contributed by atoms with Crippen LogP contribution >= 0.6 is 23.2 Å². The van der Waals surface area contributed by atoms with Gasteiger partial charge in [0.1, 0.15) is 5.70 Å². The van der Waals surface area contributed by atoms with Crippen LogP contribution in [0.3, 0.4) is 0 Å². The highest BCUT2D eigenvalue weighted by Gasteiger charge is 2.42. The fraction of sp³-hybridized carbons (Fsp3) is 0.273. The molecule has 2 amide bonds. The second-order valence-electron chi connectivity index (χ2n) is 6.63. The molecule has 2 aromatic rings. The smallest absolute Gasteiger partial charge is 0.282 e. The minimum Gasteiger partial charge on any atom is -0.383 e. The molecule has 2 aromatic carbocycles. The molecule has 0 spiro atoms. The van der Waals surface area contributed by atoms with Crippen molar-refractivity contribution in [3.63, 3.8) is 0 Å². The lowest BCUT2D eigenvalue weighted by molar-refractivity contribution is -0.120. The number of hydrogen-bond donors (Lipinski definition) is 0. The van der Waals surface area contributed by atoms with Crippen molar-refractivity contribution in [3.8, 4) is 0 Å². The monoisotopic (exact) mass is 448 g/mol. The third-order valence-electron chi connectivity index (χ3n) is 4.71. The molecule has 30 heavy (non-hydrogen) atoms. The predicted octanol–water partition coefficient (Wildman–Crippen LogP) is 3.87. The van der Waals surface area contributed by atoms with Gasteiger partial charge in [-0.25, -0.2) is 4.90 Å². The van der Waals surface area contributed by atoms with E-state index < -0.39 is 11.8 Å². The highest BCUT2D eigenvalue weighted by Crippen LogP contribution is 2.35. The van der Waals surface area contributed by atoms with Gasteiger partial charge in [0.15, 0.2) is 0 Å². The van der Waals surface area contributed by atoms with Gasteiger partial charge in [-0.05, 0) is 35.9 Å². The molecule has 1 heterocycles. The molecule has 1 aliphatic rings. The van der Waals surface area contributed by atoms with Crippen LogP contribution in [0.1, 0.15) is 5.56 Å². The molecule has 0 aliphatic carbocycles. The Morgan fingerprint density at radius 3 is 2.07 bits per heavy atom. The quantitative estimate of drug-likeness (QED) is 0.544. The Kier molecular flexibility index (Phi) is 7.50. The Morgan fingerprint density at radius 2 is 1.50 bits per heavy atom. The Labute approximate surface area is 185 Å². The van der Waals surface area contributed by atoms with Crippen molar-refractivity contribution in [2.75, 3.05) is 45.4 Å². The number of carbonyl (C=O) groups is 2. The van der Waals surface area contributed by atoms with Gasteiger partial charge in [-0.3, -0.25) is 9.59 Å². The van der Waals surface area contributed by atoms with Gasteiger partial charge in [0.05, 0.1) is 24.5 Å². The van der Waals surface area contributed by atoms with E-state index in [9.17, 15) is 9.59 Å². The summed E-state index contributed by atoms with van der Waals surface area (Å²) in [6, 6.07) is 13.5. The lowest BCUT2D eigenvalue weighted by atomic mass is 10.0. The van der Waals surface area contributed by atoms with Crippen molar-refractivity contribution in [2.24, 2.45) is 0 Å². The van der Waals surface area contributed by atoms with E-state index in [0.717, 1.165) is 4.90 Å². The van der Waals surface area contributed by atoms with Gasteiger partial charge in [0.25, 0.3) is 11.8 Å². The van der Waals surface area contributed by atoms with E-state index in [-0.39, 0.29) is 0 Å². The largest absolute Gasteiger partial charge is 0.383 e. The highest BCUT2D eigenvalue weighted by molar-refractivity contribution is 6.45. The number of halogens is 2. The van der Waals surface area contributed by atoms with Crippen LogP contribution in [0.4, 0.5) is 5.69 Å². The topological polar surface area (TPSA) is 59.1 Å². The number of ether oxygens (including phenoxy) is 2. The number of nitrogens with zero attached hydrogens (tertiary/aromatic N) is 2. The van der Waals surface area contributed by atoms with Gasteiger partial charge in [-0.2, -0.15) is 0 Å². The minimum absolute atomic E-state index is 0.302. The van der Waals surface area contributed by atoms with Gasteiger partial charge in [0, 0.05) is 37.4 Å². The summed E-state index contributed by atoms with van der Waals surface area (Å²) in [7, 11) is 3.17. The molecule has 0 radical (unpaired) electrons. The lowest BCUT2D eigenvalue weighted by Crippen LogP contribution is -2.37. The van der Waals surface area contributed by atoms with Crippen LogP contribution in [0.25, 0.3) is 5.57 Å². The Morgan fingerprint density at radius 1 is 0.867 bits per heavy atom.